The van der Waals surface area contributed by atoms with Crippen molar-refractivity contribution in [2.45, 2.75) is 68.7 Å². The highest BCUT2D eigenvalue weighted by Gasteiger charge is 2.48. The number of alkyl halides is 3. The van der Waals surface area contributed by atoms with Gasteiger partial charge in [-0.3, -0.25) is 4.98 Å². The van der Waals surface area contributed by atoms with Crippen LogP contribution in [0.5, 0.6) is 0 Å². The van der Waals surface area contributed by atoms with Gasteiger partial charge in [-0.25, -0.2) is 4.98 Å². The molecule has 0 aromatic carbocycles. The van der Waals surface area contributed by atoms with Gasteiger partial charge in [0, 0.05) is 36.7 Å². The molecule has 3 heterocycles. The van der Waals surface area contributed by atoms with Gasteiger partial charge in [-0.05, 0) is 62.4 Å². The number of pyridine rings is 2. The zero-order valence-electron chi connectivity index (χ0n) is 17.9. The quantitative estimate of drug-likeness (QED) is 0.641. The summed E-state index contributed by atoms with van der Waals surface area (Å²) in [5, 5.41) is 12.2. The molecule has 0 radical (unpaired) electrons. The van der Waals surface area contributed by atoms with E-state index in [1.807, 2.05) is 18.3 Å². The monoisotopic (exact) mass is 444 g/mol. The van der Waals surface area contributed by atoms with Crippen molar-refractivity contribution in [3.63, 3.8) is 0 Å². The smallest absolute Gasteiger partial charge is 0.375 e. The summed E-state index contributed by atoms with van der Waals surface area (Å²) in [5.41, 5.74) is -0.305. The van der Waals surface area contributed by atoms with Gasteiger partial charge in [-0.1, -0.05) is 18.9 Å². The van der Waals surface area contributed by atoms with Crippen LogP contribution in [0, 0.1) is 11.3 Å². The van der Waals surface area contributed by atoms with Crippen LogP contribution in [0.15, 0.2) is 36.7 Å². The average Bonchev–Trinajstić information content (AvgIpc) is 3.24. The molecule has 0 amide bonds. The van der Waals surface area contributed by atoms with Crippen LogP contribution in [0.2, 0.25) is 0 Å². The lowest BCUT2D eigenvalue weighted by Gasteiger charge is -2.46. The Balaban J connectivity index is 1.45. The van der Waals surface area contributed by atoms with Crippen molar-refractivity contribution in [1.29, 1.82) is 5.26 Å². The third-order valence-corrected chi connectivity index (χ3v) is 6.84. The number of nitrogens with zero attached hydrogens (tertiary/aromatic N) is 3. The molecule has 1 saturated carbocycles. The summed E-state index contributed by atoms with van der Waals surface area (Å²) < 4.78 is 45.9. The number of ether oxygens (including phenoxy) is 1. The first kappa shape index (κ1) is 22.7. The van der Waals surface area contributed by atoms with Gasteiger partial charge in [0.15, 0.2) is 5.69 Å². The molecule has 1 spiro atoms. The van der Waals surface area contributed by atoms with Crippen molar-refractivity contribution >= 4 is 0 Å². The van der Waals surface area contributed by atoms with Gasteiger partial charge in [0.2, 0.25) is 0 Å². The Morgan fingerprint density at radius 1 is 1.16 bits per heavy atom. The van der Waals surface area contributed by atoms with E-state index in [2.05, 4.69) is 21.4 Å². The lowest BCUT2D eigenvalue weighted by Crippen LogP contribution is -2.47. The SMILES string of the molecule is N#Cc1ncc(CNCC[C@]2(c3ccccn3)CCOC3(CCCC3)C2)cc1C(F)(F)F. The molecule has 1 atom stereocenters. The van der Waals surface area contributed by atoms with Crippen molar-refractivity contribution in [1.82, 2.24) is 15.3 Å². The Morgan fingerprint density at radius 2 is 1.97 bits per heavy atom. The van der Waals surface area contributed by atoms with Crippen molar-refractivity contribution in [3.8, 4) is 6.07 Å². The molecule has 2 aliphatic rings. The summed E-state index contributed by atoms with van der Waals surface area (Å²) in [6.07, 6.45) is 5.70. The molecular formula is C24H27F3N4O. The second kappa shape index (κ2) is 9.16. The Hall–Kier alpha value is -2.50. The number of nitriles is 1. The van der Waals surface area contributed by atoms with Gasteiger partial charge in [0.05, 0.1) is 11.2 Å². The third-order valence-electron chi connectivity index (χ3n) is 6.84. The molecule has 1 saturated heterocycles. The van der Waals surface area contributed by atoms with Crippen molar-refractivity contribution in [3.05, 3.63) is 59.2 Å². The second-order valence-corrected chi connectivity index (χ2v) is 8.94. The normalized spacial score (nSPS) is 22.7. The molecule has 0 unspecified atom stereocenters. The fourth-order valence-electron chi connectivity index (χ4n) is 5.27. The second-order valence-electron chi connectivity index (χ2n) is 8.94. The highest BCUT2D eigenvalue weighted by molar-refractivity contribution is 5.35. The summed E-state index contributed by atoms with van der Waals surface area (Å²) in [6, 6.07) is 8.52. The lowest BCUT2D eigenvalue weighted by atomic mass is 9.68. The molecule has 32 heavy (non-hydrogen) atoms. The molecule has 8 heteroatoms. The number of nitrogens with one attached hydrogen (secondary N) is 1. The van der Waals surface area contributed by atoms with E-state index in [0.717, 1.165) is 43.9 Å². The fourth-order valence-corrected chi connectivity index (χ4v) is 5.27. The minimum Gasteiger partial charge on any atom is -0.375 e. The summed E-state index contributed by atoms with van der Waals surface area (Å²) in [6.45, 7) is 1.58. The first-order valence-corrected chi connectivity index (χ1v) is 11.1. The zero-order chi connectivity index (χ0) is 22.7. The van der Waals surface area contributed by atoms with Gasteiger partial charge in [-0.2, -0.15) is 18.4 Å². The van der Waals surface area contributed by atoms with Crippen LogP contribution >= 0.6 is 0 Å². The van der Waals surface area contributed by atoms with E-state index in [1.165, 1.54) is 25.1 Å². The Labute approximate surface area is 186 Å². The van der Waals surface area contributed by atoms with Gasteiger partial charge in [-0.15, -0.1) is 0 Å². The van der Waals surface area contributed by atoms with Gasteiger partial charge >= 0.3 is 6.18 Å². The number of halogens is 3. The Morgan fingerprint density at radius 3 is 2.66 bits per heavy atom. The van der Waals surface area contributed by atoms with E-state index < -0.39 is 17.4 Å². The molecule has 1 aliphatic carbocycles. The van der Waals surface area contributed by atoms with Crippen molar-refractivity contribution in [2.75, 3.05) is 13.2 Å². The van der Waals surface area contributed by atoms with Crippen LogP contribution in [0.3, 0.4) is 0 Å². The molecule has 1 aliphatic heterocycles. The number of hydrogen-bond acceptors (Lipinski definition) is 5. The molecule has 4 rings (SSSR count). The van der Waals surface area contributed by atoms with Crippen LogP contribution in [0.1, 0.15) is 67.5 Å². The van der Waals surface area contributed by atoms with E-state index in [-0.39, 0.29) is 17.6 Å². The maximum Gasteiger partial charge on any atom is 0.419 e. The predicted molar refractivity (Wildman–Crippen MR) is 113 cm³/mol. The highest BCUT2D eigenvalue weighted by Crippen LogP contribution is 2.49. The molecule has 5 nitrogen and oxygen atoms in total. The van der Waals surface area contributed by atoms with Crippen LogP contribution in [0.25, 0.3) is 0 Å². The highest BCUT2D eigenvalue weighted by atomic mass is 19.4. The first-order valence-electron chi connectivity index (χ1n) is 11.1. The van der Waals surface area contributed by atoms with Gasteiger partial charge in [0.1, 0.15) is 6.07 Å². The van der Waals surface area contributed by atoms with E-state index >= 15 is 0 Å². The largest absolute Gasteiger partial charge is 0.419 e. The average molecular weight is 445 g/mol. The number of aromatic nitrogens is 2. The fraction of sp³-hybridized carbons (Fsp3) is 0.542. The van der Waals surface area contributed by atoms with Crippen molar-refractivity contribution < 1.29 is 17.9 Å². The zero-order valence-corrected chi connectivity index (χ0v) is 17.9. The van der Waals surface area contributed by atoms with Crippen LogP contribution < -0.4 is 5.32 Å². The molecule has 2 aromatic heterocycles. The minimum absolute atomic E-state index is 0.0750. The van der Waals surface area contributed by atoms with Crippen LogP contribution in [0.4, 0.5) is 13.2 Å². The van der Waals surface area contributed by atoms with Gasteiger partial charge < -0.3 is 10.1 Å². The van der Waals surface area contributed by atoms with E-state index in [1.54, 1.807) is 0 Å². The topological polar surface area (TPSA) is 70.8 Å². The number of hydrogen-bond donors (Lipinski definition) is 1. The molecule has 170 valence electrons. The first-order chi connectivity index (χ1) is 15.4. The maximum absolute atomic E-state index is 13.2. The van der Waals surface area contributed by atoms with E-state index in [0.29, 0.717) is 18.7 Å². The summed E-state index contributed by atoms with van der Waals surface area (Å²) >= 11 is 0. The van der Waals surface area contributed by atoms with E-state index in [4.69, 9.17) is 10.00 Å². The summed E-state index contributed by atoms with van der Waals surface area (Å²) in [5.74, 6) is 0. The maximum atomic E-state index is 13.2. The van der Waals surface area contributed by atoms with E-state index in [9.17, 15) is 13.2 Å². The third kappa shape index (κ3) is 4.79. The minimum atomic E-state index is -4.60. The van der Waals surface area contributed by atoms with Gasteiger partial charge in [0.25, 0.3) is 0 Å². The van der Waals surface area contributed by atoms with Crippen LogP contribution in [-0.4, -0.2) is 28.7 Å². The standard InChI is InChI=1S/C24H27F3N4O/c25-24(26,27)19-13-18(16-31-20(19)14-28)15-29-11-8-22(21-5-1-4-10-30-21)9-12-32-23(17-22)6-2-3-7-23/h1,4-5,10,13,16,29H,2-3,6-9,11-12,15,17H2/t22-/m0/s1. The molecule has 2 fully saturated rings. The van der Waals surface area contributed by atoms with Crippen molar-refractivity contribution in [2.24, 2.45) is 0 Å². The number of rotatable bonds is 6. The predicted octanol–water partition coefficient (Wildman–Crippen LogP) is 4.91. The summed E-state index contributed by atoms with van der Waals surface area (Å²) in [7, 11) is 0. The molecular weight excluding hydrogens is 417 g/mol. The molecule has 2 aromatic rings. The molecule has 0 bridgehead atoms. The molecule has 1 N–H and O–H groups in total. The Kier molecular flexibility index (Phi) is 6.50. The van der Waals surface area contributed by atoms with Crippen LogP contribution in [-0.2, 0) is 22.9 Å². The lowest BCUT2D eigenvalue weighted by molar-refractivity contribution is -0.138. The Bertz CT molecular complexity index is 967. The summed E-state index contributed by atoms with van der Waals surface area (Å²) in [4.78, 5) is 8.37.